The predicted octanol–water partition coefficient (Wildman–Crippen LogP) is 2.15. The normalized spacial score (nSPS) is 37.0. The molecule has 2 aliphatic heterocycles. The summed E-state index contributed by atoms with van der Waals surface area (Å²) in [6.07, 6.45) is 6.68. The Labute approximate surface area is 142 Å². The van der Waals surface area contributed by atoms with E-state index in [-0.39, 0.29) is 22.7 Å². The van der Waals surface area contributed by atoms with Crippen LogP contribution in [-0.2, 0) is 14.3 Å². The third kappa shape index (κ3) is 3.53. The minimum atomic E-state index is -0.311. The van der Waals surface area contributed by atoms with Crippen molar-refractivity contribution in [2.75, 3.05) is 18.9 Å². The lowest BCUT2D eigenvalue weighted by Gasteiger charge is -2.30. The van der Waals surface area contributed by atoms with Crippen LogP contribution >= 0.6 is 11.8 Å². The van der Waals surface area contributed by atoms with Gasteiger partial charge in [-0.05, 0) is 32.1 Å². The summed E-state index contributed by atoms with van der Waals surface area (Å²) in [6.45, 7) is 5.41. The Morgan fingerprint density at radius 3 is 3.00 bits per heavy atom. The molecular weight excluding hydrogens is 312 g/mol. The molecule has 4 atom stereocenters. The molecule has 2 heterocycles. The molecule has 2 amide bonds. The topological polar surface area (TPSA) is 58.6 Å². The van der Waals surface area contributed by atoms with E-state index in [4.69, 9.17) is 4.74 Å². The van der Waals surface area contributed by atoms with Crippen LogP contribution in [0.3, 0.4) is 0 Å². The second-order valence-corrected chi connectivity index (χ2v) is 8.73. The highest BCUT2D eigenvalue weighted by atomic mass is 32.2. The number of rotatable bonds is 5. The minimum absolute atomic E-state index is 0.0308. The predicted molar refractivity (Wildman–Crippen MR) is 91.1 cm³/mol. The Morgan fingerprint density at radius 1 is 1.43 bits per heavy atom. The maximum absolute atomic E-state index is 12.4. The number of ether oxygens (including phenoxy) is 1. The quantitative estimate of drug-likeness (QED) is 0.779. The molecule has 0 aromatic carbocycles. The van der Waals surface area contributed by atoms with Crippen LogP contribution in [-0.4, -0.2) is 52.6 Å². The SMILES string of the molecule is C[C@@H]1CCCC[C@@H]1OCCNC(=O)[C@H]1CS[C@@]2(C)CCC(=O)N12. The number of hydrogen-bond donors (Lipinski definition) is 1. The van der Waals surface area contributed by atoms with Crippen molar-refractivity contribution in [2.24, 2.45) is 5.92 Å². The van der Waals surface area contributed by atoms with E-state index in [1.54, 1.807) is 16.7 Å². The second kappa shape index (κ2) is 7.01. The van der Waals surface area contributed by atoms with Gasteiger partial charge >= 0.3 is 0 Å². The van der Waals surface area contributed by atoms with Gasteiger partial charge in [0.25, 0.3) is 0 Å². The standard InChI is InChI=1S/C17H28N2O3S/c1-12-5-3-4-6-14(12)22-10-9-18-16(21)13-11-23-17(2)8-7-15(20)19(13)17/h12-14H,3-11H2,1-2H3,(H,18,21)/t12-,13-,14+,17+/m1/s1. The molecule has 1 N–H and O–H groups in total. The molecule has 130 valence electrons. The van der Waals surface area contributed by atoms with Gasteiger partial charge in [0, 0.05) is 18.7 Å². The third-order valence-electron chi connectivity index (χ3n) is 5.51. The lowest BCUT2D eigenvalue weighted by Crippen LogP contribution is -2.50. The Morgan fingerprint density at radius 2 is 2.22 bits per heavy atom. The largest absolute Gasteiger partial charge is 0.376 e. The first-order valence-electron chi connectivity index (χ1n) is 8.87. The molecular formula is C17H28N2O3S. The van der Waals surface area contributed by atoms with E-state index in [9.17, 15) is 9.59 Å². The molecule has 1 aliphatic carbocycles. The smallest absolute Gasteiger partial charge is 0.243 e. The van der Waals surface area contributed by atoms with E-state index in [1.165, 1.54) is 19.3 Å². The Balaban J connectivity index is 1.42. The number of amides is 2. The van der Waals surface area contributed by atoms with E-state index in [2.05, 4.69) is 19.2 Å². The first kappa shape index (κ1) is 17.1. The molecule has 1 saturated carbocycles. The molecule has 3 rings (SSSR count). The number of fused-ring (bicyclic) bond motifs is 1. The van der Waals surface area contributed by atoms with Crippen molar-refractivity contribution >= 4 is 23.6 Å². The summed E-state index contributed by atoms with van der Waals surface area (Å²) in [5.74, 6) is 1.41. The summed E-state index contributed by atoms with van der Waals surface area (Å²) in [5.41, 5.74) is 0. The van der Waals surface area contributed by atoms with Crippen molar-refractivity contribution < 1.29 is 14.3 Å². The first-order valence-corrected chi connectivity index (χ1v) is 9.85. The van der Waals surface area contributed by atoms with Gasteiger partial charge < -0.3 is 15.0 Å². The van der Waals surface area contributed by atoms with Gasteiger partial charge in [0.1, 0.15) is 6.04 Å². The van der Waals surface area contributed by atoms with Crippen LogP contribution in [0.1, 0.15) is 52.4 Å². The van der Waals surface area contributed by atoms with Gasteiger partial charge in [0.2, 0.25) is 11.8 Å². The van der Waals surface area contributed by atoms with Crippen molar-refractivity contribution in [2.45, 2.75) is 69.4 Å². The van der Waals surface area contributed by atoms with Crippen molar-refractivity contribution in [1.82, 2.24) is 10.2 Å². The van der Waals surface area contributed by atoms with Gasteiger partial charge in [-0.25, -0.2) is 0 Å². The number of nitrogens with zero attached hydrogens (tertiary/aromatic N) is 1. The molecule has 23 heavy (non-hydrogen) atoms. The first-order chi connectivity index (χ1) is 11.0. The molecule has 6 heteroatoms. The van der Waals surface area contributed by atoms with E-state index < -0.39 is 0 Å². The summed E-state index contributed by atoms with van der Waals surface area (Å²) in [6, 6.07) is -0.311. The van der Waals surface area contributed by atoms with Crippen molar-refractivity contribution in [1.29, 1.82) is 0 Å². The minimum Gasteiger partial charge on any atom is -0.376 e. The van der Waals surface area contributed by atoms with Gasteiger partial charge in [-0.3, -0.25) is 9.59 Å². The molecule has 0 radical (unpaired) electrons. The summed E-state index contributed by atoms with van der Waals surface area (Å²) in [4.78, 5) is 26.1. The Kier molecular flexibility index (Phi) is 5.21. The highest BCUT2D eigenvalue weighted by Crippen LogP contribution is 2.47. The monoisotopic (exact) mass is 340 g/mol. The summed E-state index contributed by atoms with van der Waals surface area (Å²) in [5, 5.41) is 2.96. The lowest BCUT2D eigenvalue weighted by molar-refractivity contribution is -0.138. The van der Waals surface area contributed by atoms with Crippen molar-refractivity contribution in [3.63, 3.8) is 0 Å². The molecule has 0 spiro atoms. The average molecular weight is 340 g/mol. The van der Waals surface area contributed by atoms with Gasteiger partial charge in [-0.15, -0.1) is 11.8 Å². The zero-order chi connectivity index (χ0) is 16.4. The highest BCUT2D eigenvalue weighted by Gasteiger charge is 2.52. The van der Waals surface area contributed by atoms with Gasteiger partial charge in [-0.1, -0.05) is 19.8 Å². The summed E-state index contributed by atoms with van der Waals surface area (Å²) < 4.78 is 5.94. The summed E-state index contributed by atoms with van der Waals surface area (Å²) in [7, 11) is 0. The van der Waals surface area contributed by atoms with E-state index in [0.717, 1.165) is 12.8 Å². The molecule has 5 nitrogen and oxygen atoms in total. The number of thioether (sulfide) groups is 1. The number of hydrogen-bond acceptors (Lipinski definition) is 4. The van der Waals surface area contributed by atoms with E-state index in [0.29, 0.717) is 37.3 Å². The van der Waals surface area contributed by atoms with Gasteiger partial charge in [0.05, 0.1) is 17.6 Å². The second-order valence-electron chi connectivity index (χ2n) is 7.23. The van der Waals surface area contributed by atoms with Crippen LogP contribution in [0.15, 0.2) is 0 Å². The Bertz CT molecular complexity index is 473. The summed E-state index contributed by atoms with van der Waals surface area (Å²) >= 11 is 1.73. The van der Waals surface area contributed by atoms with Gasteiger partial charge in [-0.2, -0.15) is 0 Å². The maximum atomic E-state index is 12.4. The van der Waals surface area contributed by atoms with Crippen LogP contribution in [0.2, 0.25) is 0 Å². The number of carbonyl (C=O) groups is 2. The molecule has 3 fully saturated rings. The van der Waals surface area contributed by atoms with Crippen molar-refractivity contribution in [3.8, 4) is 0 Å². The van der Waals surface area contributed by atoms with Crippen LogP contribution in [0.5, 0.6) is 0 Å². The van der Waals surface area contributed by atoms with Crippen LogP contribution in [0, 0.1) is 5.92 Å². The molecule has 0 unspecified atom stereocenters. The molecule has 2 saturated heterocycles. The van der Waals surface area contributed by atoms with E-state index >= 15 is 0 Å². The van der Waals surface area contributed by atoms with Crippen LogP contribution in [0.4, 0.5) is 0 Å². The molecule has 3 aliphatic rings. The number of nitrogens with one attached hydrogen (secondary N) is 1. The average Bonchev–Trinajstić information content (AvgIpc) is 3.02. The fourth-order valence-corrected chi connectivity index (χ4v) is 5.48. The fourth-order valence-electron chi connectivity index (χ4n) is 4.05. The zero-order valence-electron chi connectivity index (χ0n) is 14.2. The molecule has 0 aromatic rings. The molecule has 0 aromatic heterocycles. The maximum Gasteiger partial charge on any atom is 0.243 e. The number of carbonyl (C=O) groups excluding carboxylic acids is 2. The lowest BCUT2D eigenvalue weighted by atomic mass is 9.88. The zero-order valence-corrected chi connectivity index (χ0v) is 15.0. The van der Waals surface area contributed by atoms with E-state index in [1.807, 2.05) is 0 Å². The third-order valence-corrected chi connectivity index (χ3v) is 7.02. The van der Waals surface area contributed by atoms with Crippen molar-refractivity contribution in [3.05, 3.63) is 0 Å². The Hall–Kier alpha value is -0.750. The fraction of sp³-hybridized carbons (Fsp3) is 0.882. The molecule has 0 bridgehead atoms. The van der Waals surface area contributed by atoms with Crippen LogP contribution < -0.4 is 5.32 Å². The van der Waals surface area contributed by atoms with Crippen LogP contribution in [0.25, 0.3) is 0 Å². The highest BCUT2D eigenvalue weighted by molar-refractivity contribution is 8.01. The van der Waals surface area contributed by atoms with Gasteiger partial charge in [0.15, 0.2) is 0 Å².